The van der Waals surface area contributed by atoms with Crippen LogP contribution in [0, 0.1) is 0 Å². The summed E-state index contributed by atoms with van der Waals surface area (Å²) >= 11 is 0. The van der Waals surface area contributed by atoms with E-state index >= 15 is 0 Å². The predicted molar refractivity (Wildman–Crippen MR) is 68.7 cm³/mol. The van der Waals surface area contributed by atoms with Gasteiger partial charge in [-0.05, 0) is 12.8 Å². The normalized spacial score (nSPS) is 11.1. The van der Waals surface area contributed by atoms with E-state index in [1.165, 1.54) is 0 Å². The number of carbonyl (C=O) groups excluding carboxylic acids is 2. The molecule has 0 aliphatic rings. The molecule has 0 saturated heterocycles. The molecule has 0 aliphatic heterocycles. The van der Waals surface area contributed by atoms with Crippen LogP contribution in [-0.2, 0) is 18.4 Å². The van der Waals surface area contributed by atoms with Crippen LogP contribution in [0.25, 0.3) is 0 Å². The smallest absolute Gasteiger partial charge is 0.457 e. The van der Waals surface area contributed by atoms with E-state index in [9.17, 15) is 9.59 Å². The molecule has 0 bridgehead atoms. The van der Waals surface area contributed by atoms with Crippen molar-refractivity contribution in [2.75, 3.05) is 0 Å². The zero-order chi connectivity index (χ0) is 13.3. The van der Waals surface area contributed by atoms with Gasteiger partial charge in [0.25, 0.3) is 11.9 Å². The number of unbranched alkanes of at least 4 members (excludes halogenated alkanes) is 2. The Kier molecular flexibility index (Phi) is 7.87. The molecule has 4 nitrogen and oxygen atoms in total. The highest BCUT2D eigenvalue weighted by Crippen LogP contribution is 2.11. The van der Waals surface area contributed by atoms with Crippen LogP contribution in [0.4, 0.5) is 0 Å². The first kappa shape index (κ1) is 16.2. The minimum atomic E-state index is -2.63. The largest absolute Gasteiger partial charge is 0.485 e. The summed E-state index contributed by atoms with van der Waals surface area (Å²) in [7, 11) is -2.63. The lowest BCUT2D eigenvalue weighted by atomic mass is 10.3. The molecule has 0 amide bonds. The van der Waals surface area contributed by atoms with Gasteiger partial charge in [-0.15, -0.1) is 0 Å². The van der Waals surface area contributed by atoms with Gasteiger partial charge in [-0.2, -0.15) is 0 Å². The molecule has 0 heterocycles. The van der Waals surface area contributed by atoms with Crippen molar-refractivity contribution in [2.24, 2.45) is 0 Å². The SMILES string of the molecule is CCCCC(=O)O[Si](C)(C)OC(=O)CCCC. The van der Waals surface area contributed by atoms with E-state index in [1.807, 2.05) is 13.8 Å². The Balaban J connectivity index is 4.01. The first-order valence-corrected chi connectivity index (χ1v) is 9.16. The van der Waals surface area contributed by atoms with E-state index in [0.29, 0.717) is 12.8 Å². The summed E-state index contributed by atoms with van der Waals surface area (Å²) in [5.74, 6) is -0.515. The Morgan fingerprint density at radius 2 is 1.24 bits per heavy atom. The maximum atomic E-state index is 11.4. The van der Waals surface area contributed by atoms with Gasteiger partial charge in [0.1, 0.15) is 0 Å². The molecule has 5 heteroatoms. The highest BCUT2D eigenvalue weighted by Gasteiger charge is 2.32. The summed E-state index contributed by atoms with van der Waals surface area (Å²) in [4.78, 5) is 22.9. The van der Waals surface area contributed by atoms with Crippen LogP contribution in [0.3, 0.4) is 0 Å². The molecule has 0 saturated carbocycles. The molecule has 0 rings (SSSR count). The van der Waals surface area contributed by atoms with E-state index in [4.69, 9.17) is 8.85 Å². The molecule has 0 aromatic rings. The van der Waals surface area contributed by atoms with Crippen molar-refractivity contribution in [3.05, 3.63) is 0 Å². The van der Waals surface area contributed by atoms with E-state index in [2.05, 4.69) is 0 Å². The van der Waals surface area contributed by atoms with Crippen molar-refractivity contribution >= 4 is 20.5 Å². The van der Waals surface area contributed by atoms with Gasteiger partial charge >= 0.3 is 8.56 Å². The van der Waals surface area contributed by atoms with Crippen molar-refractivity contribution in [1.82, 2.24) is 0 Å². The second-order valence-corrected chi connectivity index (χ2v) is 7.76. The van der Waals surface area contributed by atoms with E-state index in [-0.39, 0.29) is 11.9 Å². The van der Waals surface area contributed by atoms with Crippen LogP contribution < -0.4 is 0 Å². The fourth-order valence-corrected chi connectivity index (χ4v) is 2.66. The molecule has 0 aliphatic carbocycles. The van der Waals surface area contributed by atoms with Gasteiger partial charge in [-0.3, -0.25) is 9.59 Å². The maximum absolute atomic E-state index is 11.4. The van der Waals surface area contributed by atoms with Gasteiger partial charge in [0.15, 0.2) is 0 Å². The van der Waals surface area contributed by atoms with E-state index in [0.717, 1.165) is 25.7 Å². The lowest BCUT2D eigenvalue weighted by Crippen LogP contribution is -2.39. The molecule has 0 radical (unpaired) electrons. The topological polar surface area (TPSA) is 52.6 Å². The molecule has 17 heavy (non-hydrogen) atoms. The summed E-state index contributed by atoms with van der Waals surface area (Å²) in [5, 5.41) is 0. The Hall–Kier alpha value is -0.843. The highest BCUT2D eigenvalue weighted by molar-refractivity contribution is 6.67. The molecule has 0 atom stereocenters. The van der Waals surface area contributed by atoms with Gasteiger partial charge in [0, 0.05) is 25.9 Å². The third-order valence-corrected chi connectivity index (χ3v) is 3.63. The Morgan fingerprint density at radius 3 is 1.53 bits per heavy atom. The van der Waals surface area contributed by atoms with Crippen LogP contribution in [-0.4, -0.2) is 20.5 Å². The number of carbonyl (C=O) groups is 2. The maximum Gasteiger partial charge on any atom is 0.457 e. The quantitative estimate of drug-likeness (QED) is 0.629. The van der Waals surface area contributed by atoms with Crippen LogP contribution in [0.1, 0.15) is 52.4 Å². The molecule has 100 valence electrons. The van der Waals surface area contributed by atoms with Crippen molar-refractivity contribution in [3.8, 4) is 0 Å². The van der Waals surface area contributed by atoms with Crippen LogP contribution in [0.5, 0.6) is 0 Å². The van der Waals surface area contributed by atoms with Crippen LogP contribution >= 0.6 is 0 Å². The molecular formula is C12H24O4Si. The van der Waals surface area contributed by atoms with Crippen LogP contribution in [0.2, 0.25) is 13.1 Å². The Labute approximate surface area is 105 Å². The first-order valence-electron chi connectivity index (χ1n) is 6.35. The fourth-order valence-electron chi connectivity index (χ4n) is 1.31. The summed E-state index contributed by atoms with van der Waals surface area (Å²) < 4.78 is 10.5. The molecule has 0 N–H and O–H groups in total. The number of hydrogen-bond donors (Lipinski definition) is 0. The van der Waals surface area contributed by atoms with Crippen molar-refractivity contribution < 1.29 is 18.4 Å². The summed E-state index contributed by atoms with van der Waals surface area (Å²) in [6, 6.07) is 0. The van der Waals surface area contributed by atoms with Crippen molar-refractivity contribution in [3.63, 3.8) is 0 Å². The minimum Gasteiger partial charge on any atom is -0.485 e. The average Bonchev–Trinajstić information content (AvgIpc) is 2.22. The molecule has 0 spiro atoms. The van der Waals surface area contributed by atoms with Gasteiger partial charge in [0.2, 0.25) is 0 Å². The summed E-state index contributed by atoms with van der Waals surface area (Å²) in [5.41, 5.74) is 0. The third-order valence-electron chi connectivity index (χ3n) is 2.19. The molecule has 0 unspecified atom stereocenters. The standard InChI is InChI=1S/C12H24O4Si/c1-5-7-9-11(13)15-17(3,4)16-12(14)10-8-6-2/h5-10H2,1-4H3. The van der Waals surface area contributed by atoms with Crippen molar-refractivity contribution in [1.29, 1.82) is 0 Å². The lowest BCUT2D eigenvalue weighted by molar-refractivity contribution is -0.141. The summed E-state index contributed by atoms with van der Waals surface area (Å²) in [6.45, 7) is 7.47. The predicted octanol–water partition coefficient (Wildman–Crippen LogP) is 3.16. The third kappa shape index (κ3) is 8.91. The van der Waals surface area contributed by atoms with Gasteiger partial charge in [-0.25, -0.2) is 0 Å². The van der Waals surface area contributed by atoms with E-state index in [1.54, 1.807) is 13.1 Å². The van der Waals surface area contributed by atoms with Crippen molar-refractivity contribution in [2.45, 2.75) is 65.5 Å². The first-order chi connectivity index (χ1) is 7.91. The Morgan fingerprint density at radius 1 is 0.882 bits per heavy atom. The number of hydrogen-bond acceptors (Lipinski definition) is 4. The fraction of sp³-hybridized carbons (Fsp3) is 0.833. The Bertz CT molecular complexity index is 227. The molecular weight excluding hydrogens is 236 g/mol. The minimum absolute atomic E-state index is 0.258. The molecule has 0 fully saturated rings. The molecule has 0 aromatic carbocycles. The highest BCUT2D eigenvalue weighted by atomic mass is 28.4. The monoisotopic (exact) mass is 260 g/mol. The van der Waals surface area contributed by atoms with Gasteiger partial charge in [-0.1, -0.05) is 26.7 Å². The lowest BCUT2D eigenvalue weighted by Gasteiger charge is -2.22. The zero-order valence-corrected chi connectivity index (χ0v) is 12.4. The second-order valence-electron chi connectivity index (χ2n) is 4.56. The second kappa shape index (κ2) is 8.28. The summed E-state index contributed by atoms with van der Waals surface area (Å²) in [6.07, 6.45) is 4.33. The number of rotatable bonds is 8. The average molecular weight is 260 g/mol. The molecule has 0 aromatic heterocycles. The van der Waals surface area contributed by atoms with Gasteiger partial charge < -0.3 is 8.85 Å². The zero-order valence-electron chi connectivity index (χ0n) is 11.4. The van der Waals surface area contributed by atoms with E-state index < -0.39 is 8.56 Å². The van der Waals surface area contributed by atoms with Crippen LogP contribution in [0.15, 0.2) is 0 Å². The van der Waals surface area contributed by atoms with Gasteiger partial charge in [0.05, 0.1) is 0 Å².